The highest BCUT2D eigenvalue weighted by Gasteiger charge is 2.34. The van der Waals surface area contributed by atoms with E-state index in [-0.39, 0.29) is 23.4 Å². The van der Waals surface area contributed by atoms with Gasteiger partial charge in [-0.1, -0.05) is 36.8 Å². The second-order valence-electron chi connectivity index (χ2n) is 10.2. The molecule has 0 saturated heterocycles. The molecule has 0 unspecified atom stereocenters. The van der Waals surface area contributed by atoms with E-state index in [2.05, 4.69) is 5.32 Å². The van der Waals surface area contributed by atoms with E-state index in [0.717, 1.165) is 15.4 Å². The molecule has 3 rings (SSSR count). The van der Waals surface area contributed by atoms with Crippen molar-refractivity contribution in [3.63, 3.8) is 0 Å². The molecule has 10 heteroatoms. The molecule has 0 aliphatic heterocycles. The normalized spacial score (nSPS) is 12.0. The molecular weight excluding hydrogens is 554 g/mol. The lowest BCUT2D eigenvalue weighted by Gasteiger charge is -2.33. The number of anilines is 1. The molecular formula is C32H41N3O6S. The van der Waals surface area contributed by atoms with Crippen molar-refractivity contribution < 1.29 is 27.5 Å². The second kappa shape index (κ2) is 14.7. The smallest absolute Gasteiger partial charge is 0.264 e. The molecule has 0 heterocycles. The summed E-state index contributed by atoms with van der Waals surface area (Å²) in [6.45, 7) is 9.29. The van der Waals surface area contributed by atoms with Crippen LogP contribution in [-0.2, 0) is 26.2 Å². The quantitative estimate of drug-likeness (QED) is 0.283. The van der Waals surface area contributed by atoms with Gasteiger partial charge in [-0.3, -0.25) is 13.9 Å². The number of ether oxygens (including phenoxy) is 2. The van der Waals surface area contributed by atoms with Gasteiger partial charge in [0.2, 0.25) is 11.8 Å². The number of rotatable bonds is 14. The Kier molecular flexibility index (Phi) is 11.4. The number of aryl methyl sites for hydroxylation is 1. The number of carbonyl (C=O) groups excluding carboxylic acids is 2. The van der Waals surface area contributed by atoms with Crippen molar-refractivity contribution in [2.24, 2.45) is 0 Å². The van der Waals surface area contributed by atoms with Gasteiger partial charge < -0.3 is 19.7 Å². The Bertz CT molecular complexity index is 1440. The molecule has 2 amide bonds. The number of amides is 2. The Morgan fingerprint density at radius 1 is 0.929 bits per heavy atom. The molecule has 1 atom stereocenters. The first kappa shape index (κ1) is 32.5. The Balaban J connectivity index is 2.06. The lowest BCUT2D eigenvalue weighted by molar-refractivity contribution is -0.140. The average Bonchev–Trinajstić information content (AvgIpc) is 2.96. The van der Waals surface area contributed by atoms with Gasteiger partial charge in [0.25, 0.3) is 10.0 Å². The maximum absolute atomic E-state index is 14.1. The predicted octanol–water partition coefficient (Wildman–Crippen LogP) is 4.93. The van der Waals surface area contributed by atoms with Gasteiger partial charge in [-0.15, -0.1) is 0 Å². The third kappa shape index (κ3) is 8.25. The van der Waals surface area contributed by atoms with Gasteiger partial charge in [0.15, 0.2) is 0 Å². The molecule has 0 radical (unpaired) electrons. The van der Waals surface area contributed by atoms with Crippen molar-refractivity contribution in [1.29, 1.82) is 0 Å². The number of sulfonamides is 1. The molecule has 0 aromatic heterocycles. The fourth-order valence-electron chi connectivity index (χ4n) is 4.51. The molecule has 42 heavy (non-hydrogen) atoms. The van der Waals surface area contributed by atoms with Crippen LogP contribution in [0.1, 0.15) is 45.2 Å². The minimum Gasteiger partial charge on any atom is -0.497 e. The fourth-order valence-corrected chi connectivity index (χ4v) is 5.92. The Hall–Kier alpha value is -4.05. The number of methoxy groups -OCH3 is 1. The van der Waals surface area contributed by atoms with Crippen LogP contribution in [0.5, 0.6) is 11.5 Å². The van der Waals surface area contributed by atoms with E-state index in [4.69, 9.17) is 9.47 Å². The van der Waals surface area contributed by atoms with Crippen molar-refractivity contribution in [3.8, 4) is 11.5 Å². The molecule has 9 nitrogen and oxygen atoms in total. The Labute approximate surface area is 249 Å². The topological polar surface area (TPSA) is 105 Å². The molecule has 1 N–H and O–H groups in total. The van der Waals surface area contributed by atoms with Crippen molar-refractivity contribution in [2.75, 3.05) is 24.6 Å². The maximum Gasteiger partial charge on any atom is 0.264 e. The van der Waals surface area contributed by atoms with Crippen molar-refractivity contribution in [3.05, 3.63) is 83.9 Å². The molecule has 0 fully saturated rings. The zero-order valence-corrected chi connectivity index (χ0v) is 26.0. The highest BCUT2D eigenvalue weighted by Crippen LogP contribution is 2.27. The molecule has 226 valence electrons. The zero-order valence-electron chi connectivity index (χ0n) is 25.2. The molecule has 0 aliphatic carbocycles. The predicted molar refractivity (Wildman–Crippen MR) is 164 cm³/mol. The third-order valence-electron chi connectivity index (χ3n) is 6.63. The maximum atomic E-state index is 14.1. The van der Waals surface area contributed by atoms with E-state index in [9.17, 15) is 18.0 Å². The van der Waals surface area contributed by atoms with Crippen LogP contribution >= 0.6 is 0 Å². The van der Waals surface area contributed by atoms with Gasteiger partial charge in [0.1, 0.15) is 24.1 Å². The van der Waals surface area contributed by atoms with E-state index in [0.29, 0.717) is 30.2 Å². The number of benzene rings is 3. The second-order valence-corrected chi connectivity index (χ2v) is 12.1. The fraction of sp³-hybridized carbons (Fsp3) is 0.375. The monoisotopic (exact) mass is 595 g/mol. The standard InChI is InChI=1S/C32H41N3O6S/c1-7-30(32(37)33-23(3)4)34(21-25-10-9-11-28(20-25)40-6)31(36)22-35(26-14-12-24(5)13-15-26)42(38,39)29-18-16-27(17-19-29)41-8-2/h9-20,23,30H,7-8,21-22H2,1-6H3,(H,33,37)/t30-/m0/s1. The number of hydrogen-bond acceptors (Lipinski definition) is 6. The highest BCUT2D eigenvalue weighted by atomic mass is 32.2. The average molecular weight is 596 g/mol. The summed E-state index contributed by atoms with van der Waals surface area (Å²) < 4.78 is 40.0. The summed E-state index contributed by atoms with van der Waals surface area (Å²) in [5.74, 6) is 0.332. The van der Waals surface area contributed by atoms with Crippen LogP contribution in [-0.4, -0.2) is 57.5 Å². The molecule has 3 aromatic rings. The van der Waals surface area contributed by atoms with Crippen LogP contribution in [0.4, 0.5) is 5.69 Å². The van der Waals surface area contributed by atoms with Crippen molar-refractivity contribution in [1.82, 2.24) is 10.2 Å². The van der Waals surface area contributed by atoms with Crippen LogP contribution in [0.3, 0.4) is 0 Å². The molecule has 0 spiro atoms. The number of nitrogens with zero attached hydrogens (tertiary/aromatic N) is 2. The van der Waals surface area contributed by atoms with E-state index in [1.807, 2.05) is 40.7 Å². The van der Waals surface area contributed by atoms with E-state index in [1.54, 1.807) is 61.7 Å². The molecule has 0 saturated carbocycles. The van der Waals surface area contributed by atoms with Crippen LogP contribution in [0.25, 0.3) is 0 Å². The first-order valence-corrected chi connectivity index (χ1v) is 15.5. The van der Waals surface area contributed by atoms with Crippen LogP contribution in [0.2, 0.25) is 0 Å². The SMILES string of the molecule is CCOc1ccc(S(=O)(=O)N(CC(=O)N(Cc2cccc(OC)c2)[C@@H](CC)C(=O)NC(C)C)c2ccc(C)cc2)cc1. The summed E-state index contributed by atoms with van der Waals surface area (Å²) >= 11 is 0. The van der Waals surface area contributed by atoms with Crippen LogP contribution in [0.15, 0.2) is 77.7 Å². The van der Waals surface area contributed by atoms with Gasteiger partial charge in [0.05, 0.1) is 24.3 Å². The first-order valence-electron chi connectivity index (χ1n) is 14.0. The van der Waals surface area contributed by atoms with Crippen LogP contribution < -0.4 is 19.1 Å². The van der Waals surface area contributed by atoms with Crippen LogP contribution in [0, 0.1) is 6.92 Å². The van der Waals surface area contributed by atoms with E-state index < -0.39 is 28.5 Å². The highest BCUT2D eigenvalue weighted by molar-refractivity contribution is 7.92. The molecule has 0 bridgehead atoms. The molecule has 3 aromatic carbocycles. The van der Waals surface area contributed by atoms with Crippen molar-refractivity contribution >= 4 is 27.5 Å². The summed E-state index contributed by atoms with van der Waals surface area (Å²) in [7, 11) is -2.62. The van der Waals surface area contributed by atoms with Gasteiger partial charge in [-0.2, -0.15) is 0 Å². The first-order chi connectivity index (χ1) is 20.0. The summed E-state index contributed by atoms with van der Waals surface area (Å²) in [5, 5.41) is 2.90. The lowest BCUT2D eigenvalue weighted by atomic mass is 10.1. The molecule has 0 aliphatic rings. The Morgan fingerprint density at radius 2 is 1.60 bits per heavy atom. The number of hydrogen-bond donors (Lipinski definition) is 1. The van der Waals surface area contributed by atoms with Gasteiger partial charge >= 0.3 is 0 Å². The van der Waals surface area contributed by atoms with Crippen molar-refractivity contribution in [2.45, 2.75) is 64.6 Å². The third-order valence-corrected chi connectivity index (χ3v) is 8.42. The summed E-state index contributed by atoms with van der Waals surface area (Å²) in [6, 6.07) is 19.3. The number of nitrogens with one attached hydrogen (secondary N) is 1. The largest absolute Gasteiger partial charge is 0.497 e. The summed E-state index contributed by atoms with van der Waals surface area (Å²) in [5.41, 5.74) is 2.03. The van der Waals surface area contributed by atoms with E-state index in [1.165, 1.54) is 17.0 Å². The van der Waals surface area contributed by atoms with Gasteiger partial charge in [-0.25, -0.2) is 8.42 Å². The van der Waals surface area contributed by atoms with Gasteiger partial charge in [-0.05, 0) is 88.2 Å². The van der Waals surface area contributed by atoms with Gasteiger partial charge in [0, 0.05) is 12.6 Å². The zero-order chi connectivity index (χ0) is 30.9. The summed E-state index contributed by atoms with van der Waals surface area (Å²) in [6.07, 6.45) is 0.338. The Morgan fingerprint density at radius 3 is 2.17 bits per heavy atom. The minimum absolute atomic E-state index is 0.0169. The lowest BCUT2D eigenvalue weighted by Crippen LogP contribution is -2.53. The summed E-state index contributed by atoms with van der Waals surface area (Å²) in [4.78, 5) is 28.9. The minimum atomic E-state index is -4.17. The number of carbonyl (C=O) groups is 2. The van der Waals surface area contributed by atoms with E-state index >= 15 is 0 Å².